The van der Waals surface area contributed by atoms with Crippen molar-refractivity contribution in [1.29, 1.82) is 0 Å². The van der Waals surface area contributed by atoms with Crippen molar-refractivity contribution in [3.05, 3.63) is 18.2 Å². The van der Waals surface area contributed by atoms with E-state index in [1.54, 1.807) is 18.2 Å². The number of sulfone groups is 1. The van der Waals surface area contributed by atoms with Crippen molar-refractivity contribution >= 4 is 33.1 Å². The van der Waals surface area contributed by atoms with Crippen LogP contribution in [0.2, 0.25) is 0 Å². The van der Waals surface area contributed by atoms with Gasteiger partial charge in [-0.15, -0.1) is 0 Å². The molecule has 1 aromatic carbocycles. The predicted octanol–water partition coefficient (Wildman–Crippen LogP) is 0.952. The second kappa shape index (κ2) is 7.42. The van der Waals surface area contributed by atoms with Crippen molar-refractivity contribution in [1.82, 2.24) is 5.01 Å². The molecule has 1 aromatic rings. The fraction of sp³-hybridized carbons (Fsp3) is 0.500. The van der Waals surface area contributed by atoms with Crippen LogP contribution in [-0.4, -0.2) is 61.7 Å². The zero-order valence-corrected chi connectivity index (χ0v) is 16.0. The molecule has 1 fully saturated rings. The first-order valence-electron chi connectivity index (χ1n) is 9.22. The van der Waals surface area contributed by atoms with Gasteiger partial charge in [-0.1, -0.05) is 0 Å². The largest absolute Gasteiger partial charge is 0.490 e. The molecule has 2 amide bonds. The highest BCUT2D eigenvalue weighted by atomic mass is 32.2. The number of anilines is 1. The van der Waals surface area contributed by atoms with E-state index >= 15 is 0 Å². The van der Waals surface area contributed by atoms with Crippen molar-refractivity contribution in [3.8, 4) is 11.5 Å². The standard InChI is InChI=1S/C18H21N3O6S/c22-17-5-3-14(20-21(17)13-6-9-28(24,25)11-13)18(23)19-12-2-4-15-16(10-12)27-8-1-7-26-15/h2,4,10,13H,1,3,5-9,11H2,(H,19,23). The molecule has 3 aliphatic heterocycles. The third kappa shape index (κ3) is 3.96. The molecular weight excluding hydrogens is 386 g/mol. The monoisotopic (exact) mass is 407 g/mol. The number of hydrazone groups is 1. The van der Waals surface area contributed by atoms with Gasteiger partial charge in [-0.25, -0.2) is 13.4 Å². The average molecular weight is 407 g/mol. The first kappa shape index (κ1) is 18.7. The van der Waals surface area contributed by atoms with Gasteiger partial charge in [0.2, 0.25) is 5.91 Å². The van der Waals surface area contributed by atoms with Crippen molar-refractivity contribution < 1.29 is 27.5 Å². The molecule has 0 saturated carbocycles. The van der Waals surface area contributed by atoms with Crippen LogP contribution in [0.5, 0.6) is 11.5 Å². The van der Waals surface area contributed by atoms with Gasteiger partial charge in [-0.3, -0.25) is 9.59 Å². The average Bonchev–Trinajstić information content (AvgIpc) is 2.87. The zero-order valence-electron chi connectivity index (χ0n) is 15.2. The van der Waals surface area contributed by atoms with Gasteiger partial charge >= 0.3 is 0 Å². The minimum absolute atomic E-state index is 0.0374. The summed E-state index contributed by atoms with van der Waals surface area (Å²) < 4.78 is 34.6. The second-order valence-electron chi connectivity index (χ2n) is 7.01. The Bertz CT molecular complexity index is 943. The maximum absolute atomic E-state index is 12.6. The lowest BCUT2D eigenvalue weighted by Gasteiger charge is -2.27. The maximum atomic E-state index is 12.6. The van der Waals surface area contributed by atoms with E-state index in [1.165, 1.54) is 5.01 Å². The quantitative estimate of drug-likeness (QED) is 0.798. The normalized spacial score (nSPS) is 23.7. The number of amides is 2. The lowest BCUT2D eigenvalue weighted by atomic mass is 10.1. The van der Waals surface area contributed by atoms with E-state index in [9.17, 15) is 18.0 Å². The minimum atomic E-state index is -3.16. The van der Waals surface area contributed by atoms with Gasteiger partial charge in [0.15, 0.2) is 21.3 Å². The Morgan fingerprint density at radius 1 is 1.18 bits per heavy atom. The fourth-order valence-corrected chi connectivity index (χ4v) is 5.12. The molecule has 0 spiro atoms. The number of carbonyl (C=O) groups is 2. The van der Waals surface area contributed by atoms with Gasteiger partial charge in [0.1, 0.15) is 5.71 Å². The molecule has 0 aliphatic carbocycles. The van der Waals surface area contributed by atoms with E-state index in [2.05, 4.69) is 10.4 Å². The second-order valence-corrected chi connectivity index (χ2v) is 9.24. The maximum Gasteiger partial charge on any atom is 0.271 e. The number of nitrogens with zero attached hydrogens (tertiary/aromatic N) is 2. The van der Waals surface area contributed by atoms with E-state index in [-0.39, 0.29) is 36.0 Å². The van der Waals surface area contributed by atoms with Crippen LogP contribution in [0, 0.1) is 0 Å². The molecule has 28 heavy (non-hydrogen) atoms. The summed E-state index contributed by atoms with van der Waals surface area (Å²) in [5.41, 5.74) is 0.736. The molecule has 1 atom stereocenters. The van der Waals surface area contributed by atoms with Crippen molar-refractivity contribution in [2.75, 3.05) is 30.0 Å². The first-order valence-corrected chi connectivity index (χ1v) is 11.0. The third-order valence-electron chi connectivity index (χ3n) is 4.88. The highest BCUT2D eigenvalue weighted by Gasteiger charge is 2.37. The van der Waals surface area contributed by atoms with Crippen molar-refractivity contribution in [2.24, 2.45) is 5.10 Å². The smallest absolute Gasteiger partial charge is 0.271 e. The highest BCUT2D eigenvalue weighted by molar-refractivity contribution is 7.91. The summed E-state index contributed by atoms with van der Waals surface area (Å²) in [5, 5.41) is 8.12. The summed E-state index contributed by atoms with van der Waals surface area (Å²) in [6.07, 6.45) is 1.47. The molecule has 3 aliphatic rings. The Hall–Kier alpha value is -2.62. The van der Waals surface area contributed by atoms with Crippen LogP contribution < -0.4 is 14.8 Å². The Balaban J connectivity index is 1.49. The zero-order chi connectivity index (χ0) is 19.7. The lowest BCUT2D eigenvalue weighted by Crippen LogP contribution is -2.42. The van der Waals surface area contributed by atoms with Crippen LogP contribution in [0.3, 0.4) is 0 Å². The number of ether oxygens (including phenoxy) is 2. The molecular formula is C18H21N3O6S. The van der Waals surface area contributed by atoms with Crippen LogP contribution in [0.4, 0.5) is 5.69 Å². The topological polar surface area (TPSA) is 114 Å². The molecule has 0 bridgehead atoms. The Kier molecular flexibility index (Phi) is 4.96. The summed E-state index contributed by atoms with van der Waals surface area (Å²) in [6.45, 7) is 1.12. The Morgan fingerprint density at radius 2 is 1.96 bits per heavy atom. The fourth-order valence-electron chi connectivity index (χ4n) is 3.43. The van der Waals surface area contributed by atoms with Crippen molar-refractivity contribution in [2.45, 2.75) is 31.7 Å². The van der Waals surface area contributed by atoms with Crippen LogP contribution in [-0.2, 0) is 19.4 Å². The number of hydrogen-bond acceptors (Lipinski definition) is 7. The highest BCUT2D eigenvalue weighted by Crippen LogP contribution is 2.32. The van der Waals surface area contributed by atoms with Gasteiger partial charge in [0, 0.05) is 31.0 Å². The third-order valence-corrected chi connectivity index (χ3v) is 6.63. The van der Waals surface area contributed by atoms with Crippen LogP contribution in [0.25, 0.3) is 0 Å². The molecule has 150 valence electrons. The molecule has 1 unspecified atom stereocenters. The first-order chi connectivity index (χ1) is 13.4. The summed E-state index contributed by atoms with van der Waals surface area (Å²) in [5.74, 6) is 0.440. The predicted molar refractivity (Wildman–Crippen MR) is 101 cm³/mol. The van der Waals surface area contributed by atoms with Gasteiger partial charge in [0.05, 0.1) is 30.8 Å². The van der Waals surface area contributed by atoms with Gasteiger partial charge in [-0.05, 0) is 18.6 Å². The molecule has 0 aromatic heterocycles. The number of benzene rings is 1. The molecule has 4 rings (SSSR count). The van der Waals surface area contributed by atoms with Gasteiger partial charge < -0.3 is 14.8 Å². The molecule has 1 N–H and O–H groups in total. The molecule has 10 heteroatoms. The van der Waals surface area contributed by atoms with E-state index in [1.807, 2.05) is 0 Å². The van der Waals surface area contributed by atoms with Crippen LogP contribution in [0.1, 0.15) is 25.7 Å². The van der Waals surface area contributed by atoms with E-state index in [0.717, 1.165) is 6.42 Å². The molecule has 9 nitrogen and oxygen atoms in total. The summed E-state index contributed by atoms with van der Waals surface area (Å²) in [6, 6.07) is 4.63. The number of fused-ring (bicyclic) bond motifs is 1. The molecule has 0 radical (unpaired) electrons. The number of nitrogens with one attached hydrogen (secondary N) is 1. The van der Waals surface area contributed by atoms with Crippen LogP contribution >= 0.6 is 0 Å². The van der Waals surface area contributed by atoms with E-state index in [0.29, 0.717) is 36.8 Å². The summed E-state index contributed by atoms with van der Waals surface area (Å²) >= 11 is 0. The number of rotatable bonds is 3. The minimum Gasteiger partial charge on any atom is -0.490 e. The van der Waals surface area contributed by atoms with E-state index < -0.39 is 21.8 Å². The lowest BCUT2D eigenvalue weighted by molar-refractivity contribution is -0.133. The SMILES string of the molecule is O=C(Nc1ccc2c(c1)OCCCO2)C1=NN(C2CCS(=O)(=O)C2)C(=O)CC1. The Labute approximate surface area is 162 Å². The number of carbonyl (C=O) groups excluding carboxylic acids is 2. The van der Waals surface area contributed by atoms with Gasteiger partial charge in [0.25, 0.3) is 5.91 Å². The van der Waals surface area contributed by atoms with E-state index in [4.69, 9.17) is 9.47 Å². The molecule has 3 heterocycles. The summed E-state index contributed by atoms with van der Waals surface area (Å²) in [4.78, 5) is 24.8. The number of hydrogen-bond donors (Lipinski definition) is 1. The van der Waals surface area contributed by atoms with Crippen LogP contribution in [0.15, 0.2) is 23.3 Å². The molecule has 1 saturated heterocycles. The van der Waals surface area contributed by atoms with Crippen molar-refractivity contribution in [3.63, 3.8) is 0 Å². The summed E-state index contributed by atoms with van der Waals surface area (Å²) in [7, 11) is -3.16. The van der Waals surface area contributed by atoms with Gasteiger partial charge in [-0.2, -0.15) is 5.10 Å². The Morgan fingerprint density at radius 3 is 2.71 bits per heavy atom.